The number of aromatic nitrogens is 2. The molecule has 6 nitrogen and oxygen atoms in total. The minimum Gasteiger partial charge on any atom is -0.476 e. The van der Waals surface area contributed by atoms with Gasteiger partial charge in [0.25, 0.3) is 0 Å². The first-order valence-corrected chi connectivity index (χ1v) is 8.55. The van der Waals surface area contributed by atoms with Gasteiger partial charge in [-0.25, -0.2) is 14.8 Å². The quantitative estimate of drug-likeness (QED) is 0.866. The molecule has 25 heavy (non-hydrogen) atoms. The molecule has 6 heteroatoms. The summed E-state index contributed by atoms with van der Waals surface area (Å²) in [5, 5.41) is 12.4. The molecule has 1 aromatic carbocycles. The summed E-state index contributed by atoms with van der Waals surface area (Å²) < 4.78 is 6.24. The van der Waals surface area contributed by atoms with E-state index >= 15 is 0 Å². The molecule has 0 unspecified atom stereocenters. The van der Waals surface area contributed by atoms with Crippen molar-refractivity contribution in [3.05, 3.63) is 53.0 Å². The monoisotopic (exact) mass is 341 g/mol. The van der Waals surface area contributed by atoms with Crippen LogP contribution in [0.3, 0.4) is 0 Å². The van der Waals surface area contributed by atoms with Gasteiger partial charge in [-0.3, -0.25) is 0 Å². The molecule has 2 aromatic rings. The number of nitrogens with zero attached hydrogens (tertiary/aromatic N) is 2. The molecule has 0 amide bonds. The van der Waals surface area contributed by atoms with Crippen LogP contribution in [0.2, 0.25) is 0 Å². The van der Waals surface area contributed by atoms with Crippen molar-refractivity contribution in [1.29, 1.82) is 0 Å². The number of anilines is 1. The molecule has 1 fully saturated rings. The fourth-order valence-electron chi connectivity index (χ4n) is 3.22. The van der Waals surface area contributed by atoms with Crippen LogP contribution >= 0.6 is 0 Å². The number of ether oxygens (including phenoxy) is 1. The van der Waals surface area contributed by atoms with Crippen LogP contribution in [0, 0.1) is 13.8 Å². The lowest BCUT2D eigenvalue weighted by Gasteiger charge is -2.31. The molecule has 2 heterocycles. The fraction of sp³-hybridized carbons (Fsp3) is 0.421. The Morgan fingerprint density at radius 3 is 2.92 bits per heavy atom. The molecule has 0 aliphatic carbocycles. The summed E-state index contributed by atoms with van der Waals surface area (Å²) in [5.74, 6) is -0.495. The molecule has 1 aromatic heterocycles. The average Bonchev–Trinajstić information content (AvgIpc) is 2.61. The minimum absolute atomic E-state index is 0.0275. The molecular weight excluding hydrogens is 318 g/mol. The van der Waals surface area contributed by atoms with E-state index in [2.05, 4.69) is 46.5 Å². The summed E-state index contributed by atoms with van der Waals surface area (Å²) in [6, 6.07) is 8.44. The van der Waals surface area contributed by atoms with Gasteiger partial charge >= 0.3 is 5.97 Å². The van der Waals surface area contributed by atoms with Crippen LogP contribution in [-0.4, -0.2) is 33.7 Å². The Morgan fingerprint density at radius 1 is 1.32 bits per heavy atom. The van der Waals surface area contributed by atoms with Crippen molar-refractivity contribution >= 4 is 11.8 Å². The third-order valence-electron chi connectivity index (χ3n) is 4.55. The zero-order valence-electron chi connectivity index (χ0n) is 14.5. The van der Waals surface area contributed by atoms with Crippen LogP contribution in [0.15, 0.2) is 30.6 Å². The second-order valence-corrected chi connectivity index (χ2v) is 6.47. The van der Waals surface area contributed by atoms with Crippen molar-refractivity contribution in [2.24, 2.45) is 0 Å². The molecule has 0 bridgehead atoms. The van der Waals surface area contributed by atoms with E-state index in [-0.39, 0.29) is 17.9 Å². The van der Waals surface area contributed by atoms with Crippen LogP contribution in [0.4, 0.5) is 5.82 Å². The van der Waals surface area contributed by atoms with E-state index in [9.17, 15) is 4.79 Å². The van der Waals surface area contributed by atoms with Gasteiger partial charge in [0.1, 0.15) is 12.1 Å². The highest BCUT2D eigenvalue weighted by molar-refractivity contribution is 5.88. The van der Waals surface area contributed by atoms with Gasteiger partial charge in [-0.05, 0) is 38.7 Å². The number of benzene rings is 1. The normalized spacial score (nSPS) is 20.2. The Morgan fingerprint density at radius 2 is 2.16 bits per heavy atom. The third-order valence-corrected chi connectivity index (χ3v) is 4.55. The van der Waals surface area contributed by atoms with Gasteiger partial charge in [0.2, 0.25) is 0 Å². The highest BCUT2D eigenvalue weighted by Gasteiger charge is 2.24. The van der Waals surface area contributed by atoms with E-state index in [1.807, 2.05) is 0 Å². The summed E-state index contributed by atoms with van der Waals surface area (Å²) in [4.78, 5) is 19.1. The zero-order chi connectivity index (χ0) is 17.8. The van der Waals surface area contributed by atoms with Crippen LogP contribution < -0.4 is 5.32 Å². The van der Waals surface area contributed by atoms with Gasteiger partial charge in [-0.15, -0.1) is 0 Å². The first-order chi connectivity index (χ1) is 12.0. The van der Waals surface area contributed by atoms with Gasteiger partial charge in [-0.2, -0.15) is 0 Å². The van der Waals surface area contributed by atoms with Crippen LogP contribution in [0.5, 0.6) is 0 Å². The number of carboxylic acid groups (broad SMARTS) is 1. The summed E-state index contributed by atoms with van der Waals surface area (Å²) in [5.41, 5.74) is 3.02. The largest absolute Gasteiger partial charge is 0.476 e. The first kappa shape index (κ1) is 17.4. The Kier molecular flexibility index (Phi) is 5.28. The zero-order valence-corrected chi connectivity index (χ0v) is 14.5. The summed E-state index contributed by atoms with van der Waals surface area (Å²) in [6.45, 7) is 4.39. The topological polar surface area (TPSA) is 84.3 Å². The van der Waals surface area contributed by atoms with E-state index in [0.717, 1.165) is 19.3 Å². The number of nitrogens with one attached hydrogen (secondary N) is 1. The summed E-state index contributed by atoms with van der Waals surface area (Å²) >= 11 is 0. The van der Waals surface area contributed by atoms with E-state index in [1.165, 1.54) is 17.5 Å². The van der Waals surface area contributed by atoms with Crippen molar-refractivity contribution in [3.63, 3.8) is 0 Å². The maximum absolute atomic E-state index is 11.2. The van der Waals surface area contributed by atoms with Crippen molar-refractivity contribution in [2.45, 2.75) is 45.3 Å². The van der Waals surface area contributed by atoms with E-state index in [4.69, 9.17) is 9.84 Å². The molecule has 1 aliphatic rings. The standard InChI is InChI=1S/C19H23N3O3/c1-12-5-3-6-14(9-12)16-8-4-7-15(25-16)10-20-18-13(2)17(19(23)24)21-11-22-18/h3,5-6,9,11,15-16H,4,7-8,10H2,1-2H3,(H,23,24)(H,20,21,22)/t15-,16+/m0/s1. The van der Waals surface area contributed by atoms with Crippen molar-refractivity contribution in [2.75, 3.05) is 11.9 Å². The molecule has 3 rings (SSSR count). The Balaban J connectivity index is 1.64. The molecular formula is C19H23N3O3. The van der Waals surface area contributed by atoms with Gasteiger partial charge in [-0.1, -0.05) is 29.8 Å². The van der Waals surface area contributed by atoms with Crippen molar-refractivity contribution in [1.82, 2.24) is 9.97 Å². The van der Waals surface area contributed by atoms with Gasteiger partial charge in [0.05, 0.1) is 12.2 Å². The molecule has 2 N–H and O–H groups in total. The van der Waals surface area contributed by atoms with Gasteiger partial charge < -0.3 is 15.2 Å². The smallest absolute Gasteiger partial charge is 0.354 e. The molecule has 1 aliphatic heterocycles. The maximum atomic E-state index is 11.2. The second kappa shape index (κ2) is 7.61. The molecule has 0 saturated carbocycles. The predicted molar refractivity (Wildman–Crippen MR) is 94.9 cm³/mol. The number of carbonyl (C=O) groups is 1. The number of hydrogen-bond donors (Lipinski definition) is 2. The highest BCUT2D eigenvalue weighted by atomic mass is 16.5. The van der Waals surface area contributed by atoms with Gasteiger partial charge in [0.15, 0.2) is 5.69 Å². The van der Waals surface area contributed by atoms with E-state index < -0.39 is 5.97 Å². The number of carboxylic acids is 1. The van der Waals surface area contributed by atoms with Crippen molar-refractivity contribution in [3.8, 4) is 0 Å². The molecule has 2 atom stereocenters. The third kappa shape index (κ3) is 4.14. The van der Waals surface area contributed by atoms with Gasteiger partial charge in [0, 0.05) is 12.1 Å². The molecule has 1 saturated heterocycles. The fourth-order valence-corrected chi connectivity index (χ4v) is 3.22. The minimum atomic E-state index is -1.05. The number of aryl methyl sites for hydroxylation is 1. The molecule has 0 spiro atoms. The summed E-state index contributed by atoms with van der Waals surface area (Å²) in [6.07, 6.45) is 4.56. The Labute approximate surface area is 147 Å². The molecule has 132 valence electrons. The highest BCUT2D eigenvalue weighted by Crippen LogP contribution is 2.31. The Bertz CT molecular complexity index is 763. The Hall–Kier alpha value is -2.47. The number of hydrogen-bond acceptors (Lipinski definition) is 5. The summed E-state index contributed by atoms with van der Waals surface area (Å²) in [7, 11) is 0. The lowest BCUT2D eigenvalue weighted by Crippen LogP contribution is -2.29. The lowest BCUT2D eigenvalue weighted by atomic mass is 9.97. The average molecular weight is 341 g/mol. The van der Waals surface area contributed by atoms with Crippen LogP contribution in [0.1, 0.15) is 52.5 Å². The van der Waals surface area contributed by atoms with E-state index in [1.54, 1.807) is 6.92 Å². The molecule has 0 radical (unpaired) electrons. The number of rotatable bonds is 5. The van der Waals surface area contributed by atoms with Crippen LogP contribution in [-0.2, 0) is 4.74 Å². The van der Waals surface area contributed by atoms with Crippen molar-refractivity contribution < 1.29 is 14.6 Å². The predicted octanol–water partition coefficient (Wildman–Crippen LogP) is 3.51. The second-order valence-electron chi connectivity index (χ2n) is 6.47. The first-order valence-electron chi connectivity index (χ1n) is 8.55. The maximum Gasteiger partial charge on any atom is 0.354 e. The van der Waals surface area contributed by atoms with Crippen LogP contribution in [0.25, 0.3) is 0 Å². The SMILES string of the molecule is Cc1cccc([C@H]2CCC[C@@H](CNc3ncnc(C(=O)O)c3C)O2)c1. The number of aromatic carboxylic acids is 1. The van der Waals surface area contributed by atoms with E-state index in [0.29, 0.717) is 17.9 Å². The lowest BCUT2D eigenvalue weighted by molar-refractivity contribution is -0.0442.